The zero-order valence-corrected chi connectivity index (χ0v) is 12.4. The molecule has 0 aliphatic rings. The zero-order valence-electron chi connectivity index (χ0n) is 12.4. The van der Waals surface area contributed by atoms with Gasteiger partial charge in [0.1, 0.15) is 5.82 Å². The summed E-state index contributed by atoms with van der Waals surface area (Å²) in [6, 6.07) is 6.37. The summed E-state index contributed by atoms with van der Waals surface area (Å²) in [5, 5.41) is 5.57. The highest BCUT2D eigenvalue weighted by atomic mass is 19.1. The normalized spacial score (nSPS) is 10.9. The van der Waals surface area contributed by atoms with Crippen molar-refractivity contribution < 1.29 is 9.18 Å². The second kappa shape index (κ2) is 8.53. The number of hydrogen-bond donors (Lipinski definition) is 2. The van der Waals surface area contributed by atoms with E-state index >= 15 is 0 Å². The van der Waals surface area contributed by atoms with Gasteiger partial charge in [0.05, 0.1) is 0 Å². The largest absolute Gasteiger partial charge is 0.337 e. The Kier molecular flexibility index (Phi) is 7.01. The van der Waals surface area contributed by atoms with E-state index in [-0.39, 0.29) is 11.8 Å². The number of hydrogen-bond acceptors (Lipinski definition) is 2. The molecule has 5 heteroatoms. The van der Waals surface area contributed by atoms with Crippen LogP contribution in [0.1, 0.15) is 26.3 Å². The van der Waals surface area contributed by atoms with Crippen molar-refractivity contribution in [3.63, 3.8) is 0 Å². The van der Waals surface area contributed by atoms with Crippen LogP contribution < -0.4 is 10.6 Å². The van der Waals surface area contributed by atoms with Crippen molar-refractivity contribution in [2.45, 2.75) is 33.4 Å². The van der Waals surface area contributed by atoms with Crippen LogP contribution in [0, 0.1) is 5.82 Å². The van der Waals surface area contributed by atoms with Crippen molar-refractivity contribution in [3.8, 4) is 0 Å². The summed E-state index contributed by atoms with van der Waals surface area (Å²) < 4.78 is 12.7. The lowest BCUT2D eigenvalue weighted by molar-refractivity contribution is 0.222. The summed E-state index contributed by atoms with van der Waals surface area (Å²) in [6.07, 6.45) is 0. The van der Waals surface area contributed by atoms with Crippen molar-refractivity contribution in [3.05, 3.63) is 35.6 Å². The molecule has 0 fully saturated rings. The van der Waals surface area contributed by atoms with Gasteiger partial charge >= 0.3 is 6.03 Å². The highest BCUT2D eigenvalue weighted by Gasteiger charge is 2.07. The van der Waals surface area contributed by atoms with Gasteiger partial charge in [-0.05, 0) is 38.1 Å². The molecule has 2 N–H and O–H groups in total. The van der Waals surface area contributed by atoms with E-state index in [0.717, 1.165) is 18.7 Å². The van der Waals surface area contributed by atoms with E-state index in [2.05, 4.69) is 36.3 Å². The van der Waals surface area contributed by atoms with Gasteiger partial charge in [0, 0.05) is 25.7 Å². The highest BCUT2D eigenvalue weighted by molar-refractivity contribution is 5.73. The Morgan fingerprint density at radius 1 is 1.25 bits per heavy atom. The van der Waals surface area contributed by atoms with Crippen molar-refractivity contribution in [1.29, 1.82) is 0 Å². The first-order chi connectivity index (χ1) is 9.52. The second-order valence-electron chi connectivity index (χ2n) is 4.96. The van der Waals surface area contributed by atoms with Crippen LogP contribution in [-0.4, -0.2) is 36.6 Å². The molecule has 1 aromatic rings. The van der Waals surface area contributed by atoms with E-state index in [1.54, 1.807) is 12.1 Å². The minimum Gasteiger partial charge on any atom is -0.337 e. The Labute approximate surface area is 120 Å². The fourth-order valence-electron chi connectivity index (χ4n) is 1.94. The van der Waals surface area contributed by atoms with Gasteiger partial charge < -0.3 is 10.6 Å². The van der Waals surface area contributed by atoms with E-state index in [9.17, 15) is 9.18 Å². The molecule has 0 radical (unpaired) electrons. The molecule has 0 aliphatic heterocycles. The lowest BCUT2D eigenvalue weighted by Crippen LogP contribution is -2.41. The number of halogens is 1. The molecule has 2 amide bonds. The molecule has 20 heavy (non-hydrogen) atoms. The van der Waals surface area contributed by atoms with E-state index in [4.69, 9.17) is 0 Å². The topological polar surface area (TPSA) is 44.4 Å². The summed E-state index contributed by atoms with van der Waals surface area (Å²) >= 11 is 0. The molecule has 0 aromatic heterocycles. The molecule has 0 atom stereocenters. The average Bonchev–Trinajstić information content (AvgIpc) is 2.42. The molecule has 0 spiro atoms. The first kappa shape index (κ1) is 16.4. The third-order valence-corrected chi connectivity index (χ3v) is 3.19. The van der Waals surface area contributed by atoms with Crippen molar-refractivity contribution >= 4 is 6.03 Å². The van der Waals surface area contributed by atoms with Gasteiger partial charge in [-0.25, -0.2) is 9.18 Å². The van der Waals surface area contributed by atoms with Crippen LogP contribution in [0.3, 0.4) is 0 Å². The first-order valence-electron chi connectivity index (χ1n) is 7.03. The molecule has 112 valence electrons. The number of nitrogens with one attached hydrogen (secondary N) is 2. The smallest absolute Gasteiger partial charge is 0.315 e. The zero-order chi connectivity index (χ0) is 15.0. The highest BCUT2D eigenvalue weighted by Crippen LogP contribution is 2.01. The summed E-state index contributed by atoms with van der Waals surface area (Å²) in [5.74, 6) is -0.272. The molecule has 0 heterocycles. The maximum absolute atomic E-state index is 12.7. The number of benzene rings is 1. The van der Waals surface area contributed by atoms with Crippen molar-refractivity contribution in [2.24, 2.45) is 0 Å². The predicted molar refractivity (Wildman–Crippen MR) is 79.0 cm³/mol. The van der Waals surface area contributed by atoms with Crippen LogP contribution in [0.2, 0.25) is 0 Å². The standard InChI is InChI=1S/C15H24FN3O/c1-4-19(12(2)3)10-9-17-15(20)18-11-13-5-7-14(16)8-6-13/h5-8,12H,4,9-11H2,1-3H3,(H2,17,18,20). The minimum atomic E-state index is -0.272. The number of nitrogens with zero attached hydrogens (tertiary/aromatic N) is 1. The molecule has 0 saturated carbocycles. The Bertz CT molecular complexity index is 406. The second-order valence-corrected chi connectivity index (χ2v) is 4.96. The van der Waals surface area contributed by atoms with Crippen molar-refractivity contribution in [1.82, 2.24) is 15.5 Å². The average molecular weight is 281 g/mol. The van der Waals surface area contributed by atoms with Gasteiger partial charge in [0.15, 0.2) is 0 Å². The maximum Gasteiger partial charge on any atom is 0.315 e. The number of likely N-dealkylation sites (N-methyl/N-ethyl adjacent to an activating group) is 1. The summed E-state index contributed by atoms with van der Waals surface area (Å²) in [7, 11) is 0. The number of rotatable bonds is 7. The number of carbonyl (C=O) groups is 1. The molecular weight excluding hydrogens is 257 g/mol. The molecular formula is C15H24FN3O. The third-order valence-electron chi connectivity index (χ3n) is 3.19. The molecule has 0 saturated heterocycles. The van der Waals surface area contributed by atoms with E-state index in [0.29, 0.717) is 19.1 Å². The fourth-order valence-corrected chi connectivity index (χ4v) is 1.94. The Hall–Kier alpha value is -1.62. The summed E-state index contributed by atoms with van der Waals surface area (Å²) in [6.45, 7) is 9.19. The number of amides is 2. The van der Waals surface area contributed by atoms with Gasteiger partial charge in [-0.3, -0.25) is 4.90 Å². The van der Waals surface area contributed by atoms with Crippen LogP contribution in [0.5, 0.6) is 0 Å². The Morgan fingerprint density at radius 3 is 2.45 bits per heavy atom. The molecule has 0 unspecified atom stereocenters. The van der Waals surface area contributed by atoms with Gasteiger partial charge in [0.25, 0.3) is 0 Å². The van der Waals surface area contributed by atoms with Crippen LogP contribution in [0.25, 0.3) is 0 Å². The SMILES string of the molecule is CCN(CCNC(=O)NCc1ccc(F)cc1)C(C)C. The molecule has 1 aromatic carbocycles. The lowest BCUT2D eigenvalue weighted by Gasteiger charge is -2.24. The number of urea groups is 1. The molecule has 0 aliphatic carbocycles. The van der Waals surface area contributed by atoms with Crippen LogP contribution in [0.4, 0.5) is 9.18 Å². The van der Waals surface area contributed by atoms with E-state index in [1.165, 1.54) is 12.1 Å². The number of carbonyl (C=O) groups excluding carboxylic acids is 1. The van der Waals surface area contributed by atoms with Gasteiger partial charge in [-0.2, -0.15) is 0 Å². The Balaban J connectivity index is 2.22. The quantitative estimate of drug-likeness (QED) is 0.806. The van der Waals surface area contributed by atoms with Gasteiger partial charge in [-0.15, -0.1) is 0 Å². The van der Waals surface area contributed by atoms with Gasteiger partial charge in [0.2, 0.25) is 0 Å². The van der Waals surface area contributed by atoms with Crippen LogP contribution in [-0.2, 0) is 6.54 Å². The fraction of sp³-hybridized carbons (Fsp3) is 0.533. The minimum absolute atomic E-state index is 0.200. The summed E-state index contributed by atoms with van der Waals surface area (Å²) in [5.41, 5.74) is 0.874. The molecule has 1 rings (SSSR count). The summed E-state index contributed by atoms with van der Waals surface area (Å²) in [4.78, 5) is 13.9. The van der Waals surface area contributed by atoms with Crippen molar-refractivity contribution in [2.75, 3.05) is 19.6 Å². The van der Waals surface area contributed by atoms with Crippen LogP contribution >= 0.6 is 0 Å². The molecule has 0 bridgehead atoms. The maximum atomic E-state index is 12.7. The Morgan fingerprint density at radius 2 is 1.90 bits per heavy atom. The third kappa shape index (κ3) is 6.02. The van der Waals surface area contributed by atoms with E-state index < -0.39 is 0 Å². The predicted octanol–water partition coefficient (Wildman–Crippen LogP) is 2.36. The van der Waals surface area contributed by atoms with E-state index in [1.807, 2.05) is 0 Å². The molecule has 4 nitrogen and oxygen atoms in total. The monoisotopic (exact) mass is 281 g/mol. The van der Waals surface area contributed by atoms with Gasteiger partial charge in [-0.1, -0.05) is 19.1 Å². The first-order valence-corrected chi connectivity index (χ1v) is 7.03. The van der Waals surface area contributed by atoms with Crippen LogP contribution in [0.15, 0.2) is 24.3 Å². The lowest BCUT2D eigenvalue weighted by atomic mass is 10.2.